The summed E-state index contributed by atoms with van der Waals surface area (Å²) in [7, 11) is 0. The molecular weight excluding hydrogens is 412 g/mol. The number of benzene rings is 1. The van der Waals surface area contributed by atoms with E-state index in [2.05, 4.69) is 15.5 Å². The molecule has 3 heterocycles. The van der Waals surface area contributed by atoms with Crippen molar-refractivity contribution in [3.63, 3.8) is 0 Å². The second kappa shape index (κ2) is 10.3. The van der Waals surface area contributed by atoms with Crippen LogP contribution < -0.4 is 5.32 Å². The van der Waals surface area contributed by atoms with Gasteiger partial charge in [-0.1, -0.05) is 29.8 Å². The normalized spacial score (nSPS) is 13.7. The zero-order valence-corrected chi connectivity index (χ0v) is 18.2. The summed E-state index contributed by atoms with van der Waals surface area (Å²) in [6, 6.07) is 11.4. The number of carbonyl (C=O) groups is 2. The van der Waals surface area contributed by atoms with Crippen LogP contribution in [-0.2, 0) is 17.8 Å². The average molecular weight is 439 g/mol. The summed E-state index contributed by atoms with van der Waals surface area (Å²) in [5.41, 5.74) is 1.69. The lowest BCUT2D eigenvalue weighted by molar-refractivity contribution is -0.128. The number of carbonyl (C=O) groups excluding carboxylic acids is 2. The number of thiophene rings is 1. The van der Waals surface area contributed by atoms with E-state index >= 15 is 0 Å². The maximum atomic E-state index is 12.3. The number of nitrogens with one attached hydrogen (secondary N) is 1. The fourth-order valence-electron chi connectivity index (χ4n) is 3.60. The Hall–Kier alpha value is -3.00. The fourth-order valence-corrected chi connectivity index (χ4v) is 4.25. The molecular formula is C23H26N4O3S. The van der Waals surface area contributed by atoms with Crippen molar-refractivity contribution in [2.24, 2.45) is 0 Å². The minimum atomic E-state index is -0.0683. The Labute approximate surface area is 185 Å². The molecule has 0 atom stereocenters. The molecule has 7 nitrogen and oxygen atoms in total. The maximum absolute atomic E-state index is 12.3. The van der Waals surface area contributed by atoms with Gasteiger partial charge < -0.3 is 14.7 Å². The van der Waals surface area contributed by atoms with E-state index in [9.17, 15) is 9.59 Å². The molecule has 1 fully saturated rings. The highest BCUT2D eigenvalue weighted by Crippen LogP contribution is 2.21. The van der Waals surface area contributed by atoms with Crippen molar-refractivity contribution in [2.45, 2.75) is 45.1 Å². The number of nitrogens with zero attached hydrogens (tertiary/aromatic N) is 3. The molecule has 1 N–H and O–H groups in total. The molecule has 1 aliphatic heterocycles. The first-order valence-electron chi connectivity index (χ1n) is 10.7. The fraction of sp³-hybridized carbons (Fsp3) is 0.391. The van der Waals surface area contributed by atoms with Crippen molar-refractivity contribution < 1.29 is 14.1 Å². The van der Waals surface area contributed by atoms with E-state index in [1.807, 2.05) is 46.7 Å². The number of rotatable bonds is 10. The van der Waals surface area contributed by atoms with Gasteiger partial charge in [0.15, 0.2) is 0 Å². The number of aromatic nitrogens is 2. The number of amides is 2. The van der Waals surface area contributed by atoms with Gasteiger partial charge in [-0.15, -0.1) is 11.3 Å². The van der Waals surface area contributed by atoms with E-state index in [-0.39, 0.29) is 11.8 Å². The Bertz CT molecular complexity index is 998. The zero-order chi connectivity index (χ0) is 21.5. The molecule has 162 valence electrons. The molecule has 0 saturated carbocycles. The average Bonchev–Trinajstić information content (AvgIpc) is 3.54. The van der Waals surface area contributed by atoms with Gasteiger partial charge in [0, 0.05) is 38.0 Å². The summed E-state index contributed by atoms with van der Waals surface area (Å²) in [6.07, 6.45) is 5.13. The number of aryl methyl sites for hydroxylation is 1. The molecule has 2 amide bonds. The van der Waals surface area contributed by atoms with Crippen LogP contribution in [0.4, 0.5) is 0 Å². The van der Waals surface area contributed by atoms with Crippen molar-refractivity contribution in [3.05, 3.63) is 58.8 Å². The first-order valence-corrected chi connectivity index (χ1v) is 11.6. The molecule has 0 radical (unpaired) electrons. The minimum absolute atomic E-state index is 0.0683. The molecule has 0 unspecified atom stereocenters. The maximum Gasteiger partial charge on any atom is 0.251 e. The van der Waals surface area contributed by atoms with Gasteiger partial charge >= 0.3 is 0 Å². The van der Waals surface area contributed by atoms with Crippen molar-refractivity contribution >= 4 is 23.2 Å². The van der Waals surface area contributed by atoms with Crippen LogP contribution in [0.5, 0.6) is 0 Å². The van der Waals surface area contributed by atoms with E-state index < -0.39 is 0 Å². The quantitative estimate of drug-likeness (QED) is 0.482. The molecule has 1 saturated heterocycles. The molecule has 3 aromatic rings. The van der Waals surface area contributed by atoms with Crippen molar-refractivity contribution in [1.82, 2.24) is 20.4 Å². The van der Waals surface area contributed by atoms with Gasteiger partial charge in [0.25, 0.3) is 5.91 Å². The number of hydrogen-bond acceptors (Lipinski definition) is 6. The number of likely N-dealkylation sites (tertiary alicyclic amines) is 1. The van der Waals surface area contributed by atoms with Crippen LogP contribution in [-0.4, -0.2) is 39.9 Å². The van der Waals surface area contributed by atoms with Crippen LogP contribution in [0, 0.1) is 0 Å². The molecule has 31 heavy (non-hydrogen) atoms. The summed E-state index contributed by atoms with van der Waals surface area (Å²) < 4.78 is 5.30. The lowest BCUT2D eigenvalue weighted by atomic mass is 10.1. The third-order valence-corrected chi connectivity index (χ3v) is 6.19. The van der Waals surface area contributed by atoms with Gasteiger partial charge in [0.2, 0.25) is 17.6 Å². The van der Waals surface area contributed by atoms with E-state index in [0.29, 0.717) is 36.8 Å². The molecule has 8 heteroatoms. The lowest BCUT2D eigenvalue weighted by Crippen LogP contribution is -2.25. The summed E-state index contributed by atoms with van der Waals surface area (Å²) in [6.45, 7) is 2.08. The SMILES string of the molecule is O=C(NCCCCCc1nc(-c2cccs2)no1)c1ccc(CN2CCCC2=O)cc1. The van der Waals surface area contributed by atoms with Gasteiger partial charge in [-0.05, 0) is 48.4 Å². The third kappa shape index (κ3) is 5.79. The second-order valence-electron chi connectivity index (χ2n) is 7.67. The molecule has 2 aromatic heterocycles. The van der Waals surface area contributed by atoms with Gasteiger partial charge in [-0.2, -0.15) is 4.98 Å². The molecule has 1 aromatic carbocycles. The first-order chi connectivity index (χ1) is 15.2. The highest BCUT2D eigenvalue weighted by molar-refractivity contribution is 7.13. The molecule has 0 bridgehead atoms. The second-order valence-corrected chi connectivity index (χ2v) is 8.62. The Morgan fingerprint density at radius 1 is 1.16 bits per heavy atom. The number of hydrogen-bond donors (Lipinski definition) is 1. The first kappa shape index (κ1) is 21.2. The zero-order valence-electron chi connectivity index (χ0n) is 17.4. The van der Waals surface area contributed by atoms with Crippen LogP contribution >= 0.6 is 11.3 Å². The molecule has 1 aliphatic rings. The lowest BCUT2D eigenvalue weighted by Gasteiger charge is -2.15. The minimum Gasteiger partial charge on any atom is -0.352 e. The number of unbranched alkanes of at least 4 members (excludes halogenated alkanes) is 2. The van der Waals surface area contributed by atoms with Crippen LogP contribution in [0.3, 0.4) is 0 Å². The monoisotopic (exact) mass is 438 g/mol. The molecule has 4 rings (SSSR count). The highest BCUT2D eigenvalue weighted by atomic mass is 32.1. The van der Waals surface area contributed by atoms with E-state index in [1.165, 1.54) is 0 Å². The van der Waals surface area contributed by atoms with Gasteiger partial charge in [-0.25, -0.2) is 0 Å². The largest absolute Gasteiger partial charge is 0.352 e. The Morgan fingerprint density at radius 3 is 2.77 bits per heavy atom. The summed E-state index contributed by atoms with van der Waals surface area (Å²) in [4.78, 5) is 31.3. The van der Waals surface area contributed by atoms with Crippen molar-refractivity contribution in [2.75, 3.05) is 13.1 Å². The summed E-state index contributed by atoms with van der Waals surface area (Å²) in [5.74, 6) is 1.45. The Balaban J connectivity index is 1.12. The van der Waals surface area contributed by atoms with Gasteiger partial charge in [-0.3, -0.25) is 9.59 Å². The van der Waals surface area contributed by atoms with E-state index in [0.717, 1.165) is 49.1 Å². The smallest absolute Gasteiger partial charge is 0.251 e. The molecule has 0 spiro atoms. The van der Waals surface area contributed by atoms with Crippen LogP contribution in [0.15, 0.2) is 46.3 Å². The van der Waals surface area contributed by atoms with Crippen molar-refractivity contribution in [3.8, 4) is 10.7 Å². The predicted molar refractivity (Wildman–Crippen MR) is 119 cm³/mol. The topological polar surface area (TPSA) is 88.3 Å². The van der Waals surface area contributed by atoms with Crippen LogP contribution in [0.25, 0.3) is 10.7 Å². The Kier molecular flexibility index (Phi) is 7.09. The summed E-state index contributed by atoms with van der Waals surface area (Å²) in [5, 5.41) is 8.97. The van der Waals surface area contributed by atoms with E-state index in [1.54, 1.807) is 11.3 Å². The van der Waals surface area contributed by atoms with Gasteiger partial charge in [0.05, 0.1) is 4.88 Å². The highest BCUT2D eigenvalue weighted by Gasteiger charge is 2.20. The Morgan fingerprint density at radius 2 is 2.03 bits per heavy atom. The van der Waals surface area contributed by atoms with Crippen LogP contribution in [0.2, 0.25) is 0 Å². The summed E-state index contributed by atoms with van der Waals surface area (Å²) >= 11 is 1.59. The van der Waals surface area contributed by atoms with E-state index in [4.69, 9.17) is 4.52 Å². The van der Waals surface area contributed by atoms with Crippen molar-refractivity contribution in [1.29, 1.82) is 0 Å². The predicted octanol–water partition coefficient (Wildman–Crippen LogP) is 4.06. The van der Waals surface area contributed by atoms with Crippen LogP contribution in [0.1, 0.15) is 53.9 Å². The van der Waals surface area contributed by atoms with Gasteiger partial charge in [0.1, 0.15) is 0 Å². The molecule has 0 aliphatic carbocycles. The third-order valence-electron chi connectivity index (χ3n) is 5.32. The standard InChI is InChI=1S/C23H26N4O3S/c28-21-8-4-14-27(21)16-17-9-11-18(12-10-17)23(29)24-13-3-1-2-7-20-25-22(26-30-20)19-6-5-15-31-19/h5-6,9-12,15H,1-4,7-8,13-14,16H2,(H,24,29).